The van der Waals surface area contributed by atoms with E-state index in [4.69, 9.17) is 14.2 Å². The number of hydrogen-bond donors (Lipinski definition) is 1. The highest BCUT2D eigenvalue weighted by Gasteiger charge is 2.48. The van der Waals surface area contributed by atoms with Crippen LogP contribution in [0.15, 0.2) is 18.2 Å². The number of benzene rings is 1. The van der Waals surface area contributed by atoms with Gasteiger partial charge in [0, 0.05) is 24.4 Å². The Kier molecular flexibility index (Phi) is 5.04. The predicted octanol–water partition coefficient (Wildman–Crippen LogP) is 2.26. The van der Waals surface area contributed by atoms with Crippen molar-refractivity contribution in [1.82, 2.24) is 4.90 Å². The van der Waals surface area contributed by atoms with Crippen LogP contribution in [0.5, 0.6) is 11.5 Å². The van der Waals surface area contributed by atoms with Crippen molar-refractivity contribution in [2.24, 2.45) is 5.41 Å². The largest absolute Gasteiger partial charge is 0.493 e. The number of nitrogens with zero attached hydrogens (tertiary/aromatic N) is 1. The highest BCUT2D eigenvalue weighted by molar-refractivity contribution is 5.68. The van der Waals surface area contributed by atoms with Gasteiger partial charge in [-0.2, -0.15) is 0 Å². The number of rotatable bonds is 4. The molecule has 1 amide bonds. The predicted molar refractivity (Wildman–Crippen MR) is 86.1 cm³/mol. The molecule has 0 spiro atoms. The van der Waals surface area contributed by atoms with E-state index in [9.17, 15) is 9.90 Å². The van der Waals surface area contributed by atoms with Crippen molar-refractivity contribution in [2.75, 3.05) is 34.4 Å². The van der Waals surface area contributed by atoms with Gasteiger partial charge in [0.15, 0.2) is 11.5 Å². The number of carbonyl (C=O) groups excluding carboxylic acids is 1. The van der Waals surface area contributed by atoms with Crippen LogP contribution < -0.4 is 9.47 Å². The number of carbonyl (C=O) groups is 1. The molecule has 0 saturated carbocycles. The number of ether oxygens (including phenoxy) is 3. The van der Waals surface area contributed by atoms with Gasteiger partial charge in [0.2, 0.25) is 0 Å². The summed E-state index contributed by atoms with van der Waals surface area (Å²) in [6, 6.07) is 5.70. The van der Waals surface area contributed by atoms with Crippen molar-refractivity contribution >= 4 is 6.09 Å². The van der Waals surface area contributed by atoms with Gasteiger partial charge in [0.25, 0.3) is 0 Å². The van der Waals surface area contributed by atoms with E-state index in [-0.39, 0.29) is 12.0 Å². The second kappa shape index (κ2) is 6.66. The van der Waals surface area contributed by atoms with Gasteiger partial charge >= 0.3 is 6.09 Å². The van der Waals surface area contributed by atoms with Gasteiger partial charge < -0.3 is 24.2 Å². The second-order valence-corrected chi connectivity index (χ2v) is 6.20. The average molecular weight is 323 g/mol. The molecular weight excluding hydrogens is 298 g/mol. The molecule has 1 N–H and O–H groups in total. The fraction of sp³-hybridized carbons (Fsp3) is 0.588. The number of aliphatic hydroxyl groups excluding tert-OH is 1. The molecule has 1 saturated heterocycles. The first kappa shape index (κ1) is 17.4. The first-order valence-electron chi connectivity index (χ1n) is 7.60. The number of amides is 1. The second-order valence-electron chi connectivity index (χ2n) is 6.20. The monoisotopic (exact) mass is 323 g/mol. The molecule has 1 aliphatic heterocycles. The molecule has 0 aromatic heterocycles. The lowest BCUT2D eigenvalue weighted by atomic mass is 9.72. The van der Waals surface area contributed by atoms with Crippen molar-refractivity contribution in [2.45, 2.75) is 25.9 Å². The Bertz CT molecular complexity index is 574. The third kappa shape index (κ3) is 3.08. The number of hydrogen-bond acceptors (Lipinski definition) is 5. The maximum absolute atomic E-state index is 11.9. The third-order valence-electron chi connectivity index (χ3n) is 4.93. The van der Waals surface area contributed by atoms with Crippen LogP contribution in [0.1, 0.15) is 25.3 Å². The summed E-state index contributed by atoms with van der Waals surface area (Å²) in [6.45, 7) is 4.68. The zero-order valence-corrected chi connectivity index (χ0v) is 14.3. The summed E-state index contributed by atoms with van der Waals surface area (Å²) < 4.78 is 15.5. The van der Waals surface area contributed by atoms with Crippen molar-refractivity contribution in [3.63, 3.8) is 0 Å². The van der Waals surface area contributed by atoms with Crippen molar-refractivity contribution in [3.8, 4) is 11.5 Å². The van der Waals surface area contributed by atoms with Crippen LogP contribution in [0, 0.1) is 5.41 Å². The average Bonchev–Trinajstić information content (AvgIpc) is 2.92. The van der Waals surface area contributed by atoms with E-state index >= 15 is 0 Å². The topological polar surface area (TPSA) is 68.2 Å². The minimum Gasteiger partial charge on any atom is -0.493 e. The SMILES string of the molecule is COC(=O)N1CC(c2ccc(OC)c(OC)c2)C(C)(C(C)O)C1. The molecule has 2 rings (SSSR count). The number of likely N-dealkylation sites (tertiary alicyclic amines) is 1. The molecule has 1 aromatic carbocycles. The van der Waals surface area contributed by atoms with Crippen LogP contribution in [0.2, 0.25) is 0 Å². The zero-order chi connectivity index (χ0) is 17.2. The lowest BCUT2D eigenvalue weighted by Crippen LogP contribution is -2.38. The maximum atomic E-state index is 11.9. The quantitative estimate of drug-likeness (QED) is 0.920. The molecule has 1 fully saturated rings. The Morgan fingerprint density at radius 1 is 1.30 bits per heavy atom. The molecule has 1 aromatic rings. The van der Waals surface area contributed by atoms with Gasteiger partial charge in [0.05, 0.1) is 27.4 Å². The normalized spacial score (nSPS) is 25.1. The van der Waals surface area contributed by atoms with E-state index in [2.05, 4.69) is 0 Å². The highest BCUT2D eigenvalue weighted by Crippen LogP contribution is 2.46. The molecule has 128 valence electrons. The smallest absolute Gasteiger partial charge is 0.409 e. The summed E-state index contributed by atoms with van der Waals surface area (Å²) in [5.41, 5.74) is 0.533. The van der Waals surface area contributed by atoms with Gasteiger partial charge in [-0.1, -0.05) is 13.0 Å². The van der Waals surface area contributed by atoms with E-state index in [0.717, 1.165) is 5.56 Å². The van der Waals surface area contributed by atoms with Crippen LogP contribution >= 0.6 is 0 Å². The molecule has 3 unspecified atom stereocenters. The van der Waals surface area contributed by atoms with E-state index < -0.39 is 11.5 Å². The lowest BCUT2D eigenvalue weighted by Gasteiger charge is -2.33. The summed E-state index contributed by atoms with van der Waals surface area (Å²) in [6.07, 6.45) is -0.949. The first-order valence-corrected chi connectivity index (χ1v) is 7.60. The summed E-state index contributed by atoms with van der Waals surface area (Å²) >= 11 is 0. The van der Waals surface area contributed by atoms with Crippen LogP contribution in [0.3, 0.4) is 0 Å². The van der Waals surface area contributed by atoms with Gasteiger partial charge in [-0.25, -0.2) is 4.79 Å². The Morgan fingerprint density at radius 3 is 2.48 bits per heavy atom. The van der Waals surface area contributed by atoms with E-state index in [1.54, 1.807) is 26.0 Å². The molecule has 0 bridgehead atoms. The molecule has 0 radical (unpaired) electrons. The molecular formula is C17H25NO5. The maximum Gasteiger partial charge on any atom is 0.409 e. The van der Waals surface area contributed by atoms with Gasteiger partial charge in [0.1, 0.15) is 0 Å². The highest BCUT2D eigenvalue weighted by atomic mass is 16.5. The molecule has 6 heteroatoms. The van der Waals surface area contributed by atoms with Crippen molar-refractivity contribution < 1.29 is 24.1 Å². The minimum atomic E-state index is -0.574. The molecule has 1 heterocycles. The summed E-state index contributed by atoms with van der Waals surface area (Å²) in [5.74, 6) is 1.26. The minimum absolute atomic E-state index is 0.0265. The molecule has 6 nitrogen and oxygen atoms in total. The van der Waals surface area contributed by atoms with Gasteiger partial charge in [-0.05, 0) is 24.6 Å². The van der Waals surface area contributed by atoms with E-state index in [0.29, 0.717) is 24.6 Å². The van der Waals surface area contributed by atoms with Crippen LogP contribution in [-0.4, -0.2) is 56.6 Å². The molecule has 3 atom stereocenters. The van der Waals surface area contributed by atoms with Gasteiger partial charge in [-0.15, -0.1) is 0 Å². The van der Waals surface area contributed by atoms with Crippen LogP contribution in [0.4, 0.5) is 4.79 Å². The first-order chi connectivity index (χ1) is 10.9. The fourth-order valence-electron chi connectivity index (χ4n) is 3.26. The van der Waals surface area contributed by atoms with Crippen LogP contribution in [-0.2, 0) is 4.74 Å². The molecule has 0 aliphatic carbocycles. The Labute approximate surface area is 136 Å². The zero-order valence-electron chi connectivity index (χ0n) is 14.3. The van der Waals surface area contributed by atoms with Gasteiger partial charge in [-0.3, -0.25) is 0 Å². The van der Waals surface area contributed by atoms with Crippen molar-refractivity contribution in [3.05, 3.63) is 23.8 Å². The van der Waals surface area contributed by atoms with Crippen molar-refractivity contribution in [1.29, 1.82) is 0 Å². The molecule has 1 aliphatic rings. The Balaban J connectivity index is 2.40. The summed E-state index contributed by atoms with van der Waals surface area (Å²) in [5, 5.41) is 10.3. The lowest BCUT2D eigenvalue weighted by molar-refractivity contribution is 0.0470. The fourth-order valence-corrected chi connectivity index (χ4v) is 3.26. The summed E-state index contributed by atoms with van der Waals surface area (Å²) in [7, 11) is 4.54. The number of methoxy groups -OCH3 is 3. The standard InChI is InChI=1S/C17H25NO5/c1-11(19)17(2)10-18(16(20)23-5)9-13(17)12-6-7-14(21-3)15(8-12)22-4/h6-8,11,13,19H,9-10H2,1-5H3. The Morgan fingerprint density at radius 2 is 1.96 bits per heavy atom. The van der Waals surface area contributed by atoms with Crippen LogP contribution in [0.25, 0.3) is 0 Å². The molecule has 23 heavy (non-hydrogen) atoms. The van der Waals surface area contributed by atoms with E-state index in [1.165, 1.54) is 7.11 Å². The van der Waals surface area contributed by atoms with E-state index in [1.807, 2.05) is 25.1 Å². The Hall–Kier alpha value is -1.95. The number of aliphatic hydroxyl groups is 1. The summed E-state index contributed by atoms with van der Waals surface area (Å²) in [4.78, 5) is 13.5. The third-order valence-corrected chi connectivity index (χ3v) is 4.93.